The van der Waals surface area contributed by atoms with Crippen LogP contribution in [0.25, 0.3) is 0 Å². The van der Waals surface area contributed by atoms with Crippen molar-refractivity contribution in [2.75, 3.05) is 17.7 Å². The maximum absolute atomic E-state index is 12.9. The van der Waals surface area contributed by atoms with Gasteiger partial charge in [-0.25, -0.2) is 4.39 Å². The number of rotatable bonds is 5. The van der Waals surface area contributed by atoms with E-state index in [1.165, 1.54) is 18.3 Å². The van der Waals surface area contributed by atoms with Gasteiger partial charge in [-0.2, -0.15) is 10.1 Å². The summed E-state index contributed by atoms with van der Waals surface area (Å²) in [5.74, 6) is 1.20. The Morgan fingerprint density at radius 3 is 2.58 bits per heavy atom. The number of nitrogens with one attached hydrogen (secondary N) is 2. The molecule has 0 spiro atoms. The van der Waals surface area contributed by atoms with Crippen LogP contribution in [0.1, 0.15) is 5.56 Å². The Morgan fingerprint density at radius 2 is 1.83 bits per heavy atom. The van der Waals surface area contributed by atoms with Crippen LogP contribution >= 0.6 is 0 Å². The predicted octanol–water partition coefficient (Wildman–Crippen LogP) is 3.81. The molecule has 0 unspecified atom stereocenters. The first kappa shape index (κ1) is 15.7. The van der Waals surface area contributed by atoms with E-state index < -0.39 is 0 Å². The molecule has 0 amide bonds. The summed E-state index contributed by atoms with van der Waals surface area (Å²) in [6.45, 7) is 1.98. The summed E-state index contributed by atoms with van der Waals surface area (Å²) >= 11 is 0. The average molecular weight is 325 g/mol. The van der Waals surface area contributed by atoms with Crippen molar-refractivity contribution in [3.63, 3.8) is 0 Å². The van der Waals surface area contributed by atoms with Crippen molar-refractivity contribution in [1.29, 1.82) is 0 Å². The van der Waals surface area contributed by atoms with Crippen LogP contribution in [0.15, 0.2) is 48.7 Å². The Labute approximate surface area is 138 Å². The van der Waals surface area contributed by atoms with Crippen LogP contribution in [0.4, 0.5) is 27.5 Å². The van der Waals surface area contributed by atoms with Gasteiger partial charge in [0.2, 0.25) is 5.95 Å². The molecule has 2 N–H and O–H groups in total. The Balaban J connectivity index is 1.80. The van der Waals surface area contributed by atoms with Crippen LogP contribution in [0.2, 0.25) is 0 Å². The van der Waals surface area contributed by atoms with Crippen molar-refractivity contribution >= 4 is 23.1 Å². The standard InChI is InChI=1S/C17H16FN5O/c1-11-3-8-15(24-2)14(9-11)21-17-22-16(10-19-23-17)20-13-6-4-12(18)5-7-13/h3-10H,1-2H3,(H2,20,21,22,23). The summed E-state index contributed by atoms with van der Waals surface area (Å²) in [5, 5.41) is 14.0. The number of methoxy groups -OCH3 is 1. The molecule has 7 heteroatoms. The molecule has 24 heavy (non-hydrogen) atoms. The summed E-state index contributed by atoms with van der Waals surface area (Å²) in [7, 11) is 1.60. The van der Waals surface area contributed by atoms with Gasteiger partial charge in [0.15, 0.2) is 5.82 Å². The minimum absolute atomic E-state index is 0.296. The summed E-state index contributed by atoms with van der Waals surface area (Å²) in [5.41, 5.74) is 2.53. The molecule has 1 heterocycles. The van der Waals surface area contributed by atoms with Gasteiger partial charge in [0.25, 0.3) is 0 Å². The molecule has 3 aromatic rings. The molecule has 1 aromatic heterocycles. The first-order valence-electron chi connectivity index (χ1n) is 7.28. The number of ether oxygens (including phenoxy) is 1. The fourth-order valence-corrected chi connectivity index (χ4v) is 2.14. The highest BCUT2D eigenvalue weighted by molar-refractivity contribution is 5.64. The number of benzene rings is 2. The molecule has 0 aliphatic rings. The van der Waals surface area contributed by atoms with Gasteiger partial charge in [0.05, 0.1) is 19.0 Å². The van der Waals surface area contributed by atoms with E-state index in [0.717, 1.165) is 11.3 Å². The lowest BCUT2D eigenvalue weighted by Crippen LogP contribution is -2.03. The lowest BCUT2D eigenvalue weighted by molar-refractivity contribution is 0.416. The molecule has 6 nitrogen and oxygen atoms in total. The maximum atomic E-state index is 12.9. The minimum Gasteiger partial charge on any atom is -0.495 e. The zero-order valence-electron chi connectivity index (χ0n) is 13.2. The normalized spacial score (nSPS) is 10.3. The molecule has 2 aromatic carbocycles. The largest absolute Gasteiger partial charge is 0.495 e. The molecule has 0 saturated carbocycles. The van der Waals surface area contributed by atoms with E-state index in [2.05, 4.69) is 25.8 Å². The zero-order valence-corrected chi connectivity index (χ0v) is 13.2. The fourth-order valence-electron chi connectivity index (χ4n) is 2.14. The Bertz CT molecular complexity index is 839. The lowest BCUT2D eigenvalue weighted by atomic mass is 10.2. The highest BCUT2D eigenvalue weighted by Gasteiger charge is 2.07. The van der Waals surface area contributed by atoms with Crippen molar-refractivity contribution < 1.29 is 9.13 Å². The van der Waals surface area contributed by atoms with Crippen molar-refractivity contribution in [3.8, 4) is 5.75 Å². The number of aromatic nitrogens is 3. The molecule has 0 saturated heterocycles. The van der Waals surface area contributed by atoms with Crippen LogP contribution in [-0.4, -0.2) is 22.3 Å². The van der Waals surface area contributed by atoms with E-state index in [4.69, 9.17) is 4.74 Å². The first-order chi connectivity index (χ1) is 11.6. The SMILES string of the molecule is COc1ccc(C)cc1Nc1nncc(Nc2ccc(F)cc2)n1. The monoisotopic (exact) mass is 325 g/mol. The Kier molecular flexibility index (Phi) is 4.51. The van der Waals surface area contributed by atoms with E-state index in [-0.39, 0.29) is 5.82 Å². The van der Waals surface area contributed by atoms with Gasteiger partial charge >= 0.3 is 0 Å². The molecular formula is C17H16FN5O. The Morgan fingerprint density at radius 1 is 1.04 bits per heavy atom. The summed E-state index contributed by atoms with van der Waals surface area (Å²) in [6, 6.07) is 11.7. The minimum atomic E-state index is -0.296. The third-order valence-corrected chi connectivity index (χ3v) is 3.28. The van der Waals surface area contributed by atoms with Gasteiger partial charge in [-0.15, -0.1) is 5.10 Å². The maximum Gasteiger partial charge on any atom is 0.249 e. The van der Waals surface area contributed by atoms with Gasteiger partial charge < -0.3 is 15.4 Å². The van der Waals surface area contributed by atoms with Crippen molar-refractivity contribution in [1.82, 2.24) is 15.2 Å². The molecule has 0 radical (unpaired) electrons. The second kappa shape index (κ2) is 6.91. The zero-order chi connectivity index (χ0) is 16.9. The van der Waals surface area contributed by atoms with Gasteiger partial charge in [0, 0.05) is 5.69 Å². The number of anilines is 4. The third-order valence-electron chi connectivity index (χ3n) is 3.28. The van der Waals surface area contributed by atoms with Gasteiger partial charge in [-0.3, -0.25) is 0 Å². The second-order valence-electron chi connectivity index (χ2n) is 5.13. The topological polar surface area (TPSA) is 72.0 Å². The Hall–Kier alpha value is -3.22. The highest BCUT2D eigenvalue weighted by Crippen LogP contribution is 2.27. The van der Waals surface area contributed by atoms with E-state index in [1.807, 2.05) is 25.1 Å². The second-order valence-corrected chi connectivity index (χ2v) is 5.13. The van der Waals surface area contributed by atoms with Gasteiger partial charge in [0.1, 0.15) is 11.6 Å². The number of aryl methyl sites for hydroxylation is 1. The average Bonchev–Trinajstić information content (AvgIpc) is 2.58. The van der Waals surface area contributed by atoms with Gasteiger partial charge in [-0.1, -0.05) is 6.07 Å². The number of hydrogen-bond donors (Lipinski definition) is 2. The first-order valence-corrected chi connectivity index (χ1v) is 7.28. The fraction of sp³-hybridized carbons (Fsp3) is 0.118. The molecule has 0 bridgehead atoms. The molecule has 122 valence electrons. The summed E-state index contributed by atoms with van der Waals surface area (Å²) in [4.78, 5) is 4.35. The van der Waals surface area contributed by atoms with Crippen LogP contribution in [0.5, 0.6) is 5.75 Å². The summed E-state index contributed by atoms with van der Waals surface area (Å²) < 4.78 is 18.3. The molecule has 0 atom stereocenters. The van der Waals surface area contributed by atoms with Crippen molar-refractivity contribution in [3.05, 3.63) is 60.0 Å². The third kappa shape index (κ3) is 3.75. The van der Waals surface area contributed by atoms with Crippen molar-refractivity contribution in [2.45, 2.75) is 6.92 Å². The van der Waals surface area contributed by atoms with Crippen LogP contribution in [-0.2, 0) is 0 Å². The van der Waals surface area contributed by atoms with Gasteiger partial charge in [-0.05, 0) is 48.9 Å². The number of hydrogen-bond acceptors (Lipinski definition) is 6. The molecular weight excluding hydrogens is 309 g/mol. The van der Waals surface area contributed by atoms with E-state index >= 15 is 0 Å². The number of nitrogens with zero attached hydrogens (tertiary/aromatic N) is 3. The molecule has 0 aliphatic heterocycles. The molecule has 0 aliphatic carbocycles. The van der Waals surface area contributed by atoms with E-state index in [0.29, 0.717) is 23.2 Å². The van der Waals surface area contributed by atoms with E-state index in [9.17, 15) is 4.39 Å². The van der Waals surface area contributed by atoms with Crippen LogP contribution < -0.4 is 15.4 Å². The van der Waals surface area contributed by atoms with E-state index in [1.54, 1.807) is 19.2 Å². The van der Waals surface area contributed by atoms with Crippen LogP contribution in [0.3, 0.4) is 0 Å². The summed E-state index contributed by atoms with van der Waals surface area (Å²) in [6.07, 6.45) is 1.49. The molecule has 3 rings (SSSR count). The quantitative estimate of drug-likeness (QED) is 0.743. The predicted molar refractivity (Wildman–Crippen MR) is 90.5 cm³/mol. The highest BCUT2D eigenvalue weighted by atomic mass is 19.1. The smallest absolute Gasteiger partial charge is 0.249 e. The van der Waals surface area contributed by atoms with Crippen molar-refractivity contribution in [2.24, 2.45) is 0 Å². The molecule has 0 fully saturated rings. The number of halogens is 1. The van der Waals surface area contributed by atoms with Crippen LogP contribution in [0, 0.1) is 12.7 Å². The lowest BCUT2D eigenvalue weighted by Gasteiger charge is -2.11.